The Labute approximate surface area is 172 Å². The molecule has 0 aromatic heterocycles. The average Bonchev–Trinajstić information content (AvgIpc) is 2.65. The number of hydrogen-bond donors (Lipinski definition) is 1. The predicted octanol–water partition coefficient (Wildman–Crippen LogP) is 6.35. The van der Waals surface area contributed by atoms with Crippen molar-refractivity contribution in [3.05, 3.63) is 70.8 Å². The van der Waals surface area contributed by atoms with Gasteiger partial charge in [0, 0.05) is 18.4 Å². The third-order valence-electron chi connectivity index (χ3n) is 5.31. The van der Waals surface area contributed by atoms with Gasteiger partial charge < -0.3 is 5.73 Å². The lowest BCUT2D eigenvalue weighted by Gasteiger charge is -2.15. The number of nitrogens with two attached hydrogens (primary N) is 1. The molecule has 0 heterocycles. The average molecular weight is 379 g/mol. The highest BCUT2D eigenvalue weighted by atomic mass is 14.9. The van der Waals surface area contributed by atoms with E-state index in [1.54, 1.807) is 0 Å². The topological polar surface area (TPSA) is 38.4 Å². The number of rotatable bonds is 9. The molecule has 2 nitrogen and oxygen atoms in total. The van der Waals surface area contributed by atoms with Crippen LogP contribution < -0.4 is 5.73 Å². The molecule has 2 aromatic rings. The normalized spacial score (nSPS) is 14.5. The molecule has 2 N–H and O–H groups in total. The number of hydrogen-bond acceptors (Lipinski definition) is 1. The first-order chi connectivity index (χ1) is 13.3. The van der Waals surface area contributed by atoms with Crippen LogP contribution in [0.25, 0.3) is 0 Å². The van der Waals surface area contributed by atoms with Crippen molar-refractivity contribution in [3.63, 3.8) is 0 Å². The van der Waals surface area contributed by atoms with Gasteiger partial charge >= 0.3 is 0 Å². The Kier molecular flexibility index (Phi) is 8.29. The molecule has 2 rings (SSSR count). The molecule has 0 fully saturated rings. The van der Waals surface area contributed by atoms with Crippen molar-refractivity contribution in [2.75, 3.05) is 6.54 Å². The van der Waals surface area contributed by atoms with Crippen molar-refractivity contribution in [2.45, 2.75) is 66.2 Å². The summed E-state index contributed by atoms with van der Waals surface area (Å²) in [5.41, 5.74) is 11.7. The summed E-state index contributed by atoms with van der Waals surface area (Å²) >= 11 is 0. The fraction of sp³-hybridized carbons (Fsp3) is 0.500. The predicted molar refractivity (Wildman–Crippen MR) is 123 cm³/mol. The van der Waals surface area contributed by atoms with Crippen LogP contribution in [-0.2, 0) is 12.8 Å². The van der Waals surface area contributed by atoms with E-state index in [9.17, 15) is 0 Å². The molecule has 2 unspecified atom stereocenters. The second-order valence-electron chi connectivity index (χ2n) is 9.07. The monoisotopic (exact) mass is 378 g/mol. The second-order valence-corrected chi connectivity index (χ2v) is 9.07. The van der Waals surface area contributed by atoms with Crippen molar-refractivity contribution in [2.24, 2.45) is 22.6 Å². The molecule has 0 aliphatic rings. The Morgan fingerprint density at radius 1 is 0.714 bits per heavy atom. The second kappa shape index (κ2) is 10.5. The van der Waals surface area contributed by atoms with E-state index < -0.39 is 0 Å². The molecular weight excluding hydrogens is 340 g/mol. The minimum atomic E-state index is 0.147. The molecule has 2 aromatic carbocycles. The molecule has 0 spiro atoms. The van der Waals surface area contributed by atoms with Crippen molar-refractivity contribution in [1.82, 2.24) is 0 Å². The van der Waals surface area contributed by atoms with Gasteiger partial charge in [-0.25, -0.2) is 0 Å². The van der Waals surface area contributed by atoms with Crippen LogP contribution >= 0.6 is 0 Å². The third-order valence-corrected chi connectivity index (χ3v) is 5.31. The van der Waals surface area contributed by atoms with E-state index in [2.05, 4.69) is 90.1 Å². The lowest BCUT2D eigenvalue weighted by atomic mass is 9.95. The Morgan fingerprint density at radius 2 is 1.14 bits per heavy atom. The Morgan fingerprint density at radius 3 is 1.57 bits per heavy atom. The molecule has 0 amide bonds. The fourth-order valence-electron chi connectivity index (χ4n) is 3.52. The van der Waals surface area contributed by atoms with Crippen LogP contribution in [0.1, 0.15) is 75.6 Å². The molecule has 152 valence electrons. The molecular formula is C26H38N2. The summed E-state index contributed by atoms with van der Waals surface area (Å²) in [7, 11) is 0. The SMILES string of the molecule is CC(C)Cc1ccc(C(C)CN=C(N)C(C)c2ccc(CC(C)C)cc2)cc1. The number of aliphatic imine (C=N–C) groups is 1. The summed E-state index contributed by atoms with van der Waals surface area (Å²) in [6.07, 6.45) is 2.25. The van der Waals surface area contributed by atoms with Crippen LogP contribution in [0.3, 0.4) is 0 Å². The molecule has 0 bridgehead atoms. The van der Waals surface area contributed by atoms with Crippen molar-refractivity contribution in [1.29, 1.82) is 0 Å². The van der Waals surface area contributed by atoms with Gasteiger partial charge in [0.1, 0.15) is 5.84 Å². The van der Waals surface area contributed by atoms with E-state index >= 15 is 0 Å². The van der Waals surface area contributed by atoms with E-state index in [-0.39, 0.29) is 5.92 Å². The van der Waals surface area contributed by atoms with Gasteiger partial charge in [-0.05, 0) is 46.9 Å². The summed E-state index contributed by atoms with van der Waals surface area (Å²) in [6, 6.07) is 17.8. The smallest absolute Gasteiger partial charge is 0.101 e. The summed E-state index contributed by atoms with van der Waals surface area (Å²) in [5.74, 6) is 2.60. The molecule has 28 heavy (non-hydrogen) atoms. The highest BCUT2D eigenvalue weighted by Crippen LogP contribution is 2.20. The minimum absolute atomic E-state index is 0.147. The maximum absolute atomic E-state index is 6.32. The Bertz CT molecular complexity index is 739. The highest BCUT2D eigenvalue weighted by molar-refractivity contribution is 5.87. The van der Waals surface area contributed by atoms with Gasteiger partial charge in [-0.3, -0.25) is 4.99 Å². The summed E-state index contributed by atoms with van der Waals surface area (Å²) in [5, 5.41) is 0. The van der Waals surface area contributed by atoms with Crippen LogP contribution in [0.15, 0.2) is 53.5 Å². The van der Waals surface area contributed by atoms with E-state index in [1.807, 2.05) is 0 Å². The quantitative estimate of drug-likeness (QED) is 0.401. The Balaban J connectivity index is 1.96. The summed E-state index contributed by atoms with van der Waals surface area (Å²) in [6.45, 7) is 14.1. The van der Waals surface area contributed by atoms with E-state index in [0.717, 1.165) is 25.2 Å². The number of benzene rings is 2. The van der Waals surface area contributed by atoms with Crippen molar-refractivity contribution >= 4 is 5.84 Å². The largest absolute Gasteiger partial charge is 0.387 e. The van der Waals surface area contributed by atoms with Crippen molar-refractivity contribution in [3.8, 4) is 0 Å². The standard InChI is InChI=1S/C26H38N2/c1-18(2)15-22-7-11-24(12-8-22)20(5)17-28-26(27)21(6)25-13-9-23(10-14-25)16-19(3)4/h7-14,18-21H,15-17H2,1-6H3,(H2,27,28). The van der Waals surface area contributed by atoms with Gasteiger partial charge in [-0.1, -0.05) is 90.1 Å². The zero-order chi connectivity index (χ0) is 20.7. The van der Waals surface area contributed by atoms with Gasteiger partial charge in [-0.15, -0.1) is 0 Å². The van der Waals surface area contributed by atoms with Crippen LogP contribution in [0, 0.1) is 11.8 Å². The maximum Gasteiger partial charge on any atom is 0.101 e. The van der Waals surface area contributed by atoms with Gasteiger partial charge in [0.05, 0.1) is 0 Å². The van der Waals surface area contributed by atoms with Crippen LogP contribution in [0.4, 0.5) is 0 Å². The fourth-order valence-corrected chi connectivity index (χ4v) is 3.52. The van der Waals surface area contributed by atoms with E-state index in [0.29, 0.717) is 17.8 Å². The molecule has 0 aliphatic heterocycles. The third kappa shape index (κ3) is 6.82. The summed E-state index contributed by atoms with van der Waals surface area (Å²) < 4.78 is 0. The number of amidine groups is 1. The molecule has 0 aliphatic carbocycles. The van der Waals surface area contributed by atoms with E-state index in [4.69, 9.17) is 10.7 Å². The molecule has 0 radical (unpaired) electrons. The van der Waals surface area contributed by atoms with Gasteiger partial charge in [0.25, 0.3) is 0 Å². The minimum Gasteiger partial charge on any atom is -0.387 e. The van der Waals surface area contributed by atoms with E-state index in [1.165, 1.54) is 22.3 Å². The van der Waals surface area contributed by atoms with Crippen molar-refractivity contribution < 1.29 is 0 Å². The lowest BCUT2D eigenvalue weighted by Crippen LogP contribution is -2.21. The Hall–Kier alpha value is -2.09. The molecule has 2 heteroatoms. The molecule has 2 atom stereocenters. The maximum atomic E-state index is 6.32. The molecule has 0 saturated heterocycles. The lowest BCUT2D eigenvalue weighted by molar-refractivity contribution is 0.646. The first-order valence-electron chi connectivity index (χ1n) is 10.7. The van der Waals surface area contributed by atoms with Crippen LogP contribution in [-0.4, -0.2) is 12.4 Å². The zero-order valence-corrected chi connectivity index (χ0v) is 18.6. The van der Waals surface area contributed by atoms with Crippen LogP contribution in [0.5, 0.6) is 0 Å². The number of nitrogens with zero attached hydrogens (tertiary/aromatic N) is 1. The van der Waals surface area contributed by atoms with Gasteiger partial charge in [0.2, 0.25) is 0 Å². The molecule has 0 saturated carbocycles. The highest BCUT2D eigenvalue weighted by Gasteiger charge is 2.12. The summed E-state index contributed by atoms with van der Waals surface area (Å²) in [4.78, 5) is 4.71. The first-order valence-corrected chi connectivity index (χ1v) is 10.7. The zero-order valence-electron chi connectivity index (χ0n) is 18.6. The first kappa shape index (κ1) is 22.2. The van der Waals surface area contributed by atoms with Gasteiger partial charge in [-0.2, -0.15) is 0 Å². The van der Waals surface area contributed by atoms with Crippen LogP contribution in [0.2, 0.25) is 0 Å². The van der Waals surface area contributed by atoms with Gasteiger partial charge in [0.15, 0.2) is 0 Å².